The second-order valence-electron chi connectivity index (χ2n) is 5.88. The second kappa shape index (κ2) is 6.53. The minimum absolute atomic E-state index is 0.0646. The fourth-order valence-electron chi connectivity index (χ4n) is 3.10. The quantitative estimate of drug-likeness (QED) is 0.793. The Balaban J connectivity index is 1.66. The summed E-state index contributed by atoms with van der Waals surface area (Å²) in [7, 11) is 0. The standard InChI is InChI=1S/C14H27N3O/c15-14(7-3-4-8-14)13(18)16-9-12-17-10-5-1-2-6-11-17/h1-12,15H2,(H,16,18). The first-order chi connectivity index (χ1) is 8.71. The zero-order chi connectivity index (χ0) is 12.8. The lowest BCUT2D eigenvalue weighted by atomic mass is 9.98. The fraction of sp³-hybridized carbons (Fsp3) is 0.929. The van der Waals surface area contributed by atoms with Crippen LogP contribution >= 0.6 is 0 Å². The maximum atomic E-state index is 12.0. The van der Waals surface area contributed by atoms with Gasteiger partial charge in [0, 0.05) is 13.1 Å². The molecule has 1 heterocycles. The van der Waals surface area contributed by atoms with Gasteiger partial charge in [-0.15, -0.1) is 0 Å². The van der Waals surface area contributed by atoms with Gasteiger partial charge in [-0.05, 0) is 38.8 Å². The van der Waals surface area contributed by atoms with E-state index in [-0.39, 0.29) is 5.91 Å². The van der Waals surface area contributed by atoms with Crippen molar-refractivity contribution in [2.75, 3.05) is 26.2 Å². The lowest BCUT2D eigenvalue weighted by molar-refractivity contribution is -0.126. The maximum absolute atomic E-state index is 12.0. The van der Waals surface area contributed by atoms with Gasteiger partial charge in [-0.2, -0.15) is 0 Å². The minimum atomic E-state index is -0.571. The third kappa shape index (κ3) is 3.69. The molecule has 3 N–H and O–H groups in total. The molecule has 0 aromatic heterocycles. The Morgan fingerprint density at radius 2 is 1.67 bits per heavy atom. The summed E-state index contributed by atoms with van der Waals surface area (Å²) in [4.78, 5) is 14.5. The molecular weight excluding hydrogens is 226 g/mol. The molecule has 18 heavy (non-hydrogen) atoms. The van der Waals surface area contributed by atoms with Crippen LogP contribution in [-0.2, 0) is 4.79 Å². The Morgan fingerprint density at radius 1 is 1.06 bits per heavy atom. The molecule has 4 nitrogen and oxygen atoms in total. The van der Waals surface area contributed by atoms with Crippen LogP contribution in [-0.4, -0.2) is 42.5 Å². The Labute approximate surface area is 110 Å². The Kier molecular flexibility index (Phi) is 5.01. The van der Waals surface area contributed by atoms with Crippen LogP contribution in [0.5, 0.6) is 0 Å². The predicted octanol–water partition coefficient (Wildman–Crippen LogP) is 1.25. The summed E-state index contributed by atoms with van der Waals surface area (Å²) in [5.74, 6) is 0.0646. The number of rotatable bonds is 4. The summed E-state index contributed by atoms with van der Waals surface area (Å²) in [5.41, 5.74) is 5.55. The average molecular weight is 253 g/mol. The van der Waals surface area contributed by atoms with Crippen molar-refractivity contribution in [2.24, 2.45) is 5.73 Å². The molecule has 0 bridgehead atoms. The van der Waals surface area contributed by atoms with Crippen molar-refractivity contribution in [3.63, 3.8) is 0 Å². The van der Waals surface area contributed by atoms with Gasteiger partial charge in [-0.1, -0.05) is 25.7 Å². The van der Waals surface area contributed by atoms with Crippen LogP contribution in [0.1, 0.15) is 51.4 Å². The molecule has 104 valence electrons. The van der Waals surface area contributed by atoms with Crippen molar-refractivity contribution in [3.05, 3.63) is 0 Å². The predicted molar refractivity (Wildman–Crippen MR) is 73.3 cm³/mol. The molecule has 0 unspecified atom stereocenters. The van der Waals surface area contributed by atoms with E-state index in [0.717, 1.165) is 38.8 Å². The zero-order valence-corrected chi connectivity index (χ0v) is 11.4. The highest BCUT2D eigenvalue weighted by Gasteiger charge is 2.36. The maximum Gasteiger partial charge on any atom is 0.240 e. The number of hydrogen-bond donors (Lipinski definition) is 2. The lowest BCUT2D eigenvalue weighted by Crippen LogP contribution is -2.53. The van der Waals surface area contributed by atoms with Gasteiger partial charge in [-0.3, -0.25) is 4.79 Å². The molecule has 2 fully saturated rings. The van der Waals surface area contributed by atoms with E-state index in [1.807, 2.05) is 0 Å². The van der Waals surface area contributed by atoms with E-state index in [1.165, 1.54) is 38.8 Å². The van der Waals surface area contributed by atoms with E-state index in [1.54, 1.807) is 0 Å². The van der Waals surface area contributed by atoms with Crippen LogP contribution in [0.15, 0.2) is 0 Å². The number of nitrogens with one attached hydrogen (secondary N) is 1. The molecule has 1 aliphatic carbocycles. The normalized spacial score (nSPS) is 24.7. The molecule has 1 saturated carbocycles. The van der Waals surface area contributed by atoms with E-state index in [4.69, 9.17) is 5.73 Å². The lowest BCUT2D eigenvalue weighted by Gasteiger charge is -2.24. The third-order valence-electron chi connectivity index (χ3n) is 4.36. The van der Waals surface area contributed by atoms with Crippen LogP contribution in [0.2, 0.25) is 0 Å². The average Bonchev–Trinajstić information content (AvgIpc) is 2.65. The van der Waals surface area contributed by atoms with Gasteiger partial charge in [0.1, 0.15) is 0 Å². The first-order valence-corrected chi connectivity index (χ1v) is 7.50. The Bertz CT molecular complexity index is 266. The molecule has 0 aromatic rings. The summed E-state index contributed by atoms with van der Waals surface area (Å²) in [5, 5.41) is 3.03. The first kappa shape index (κ1) is 13.8. The largest absolute Gasteiger partial charge is 0.353 e. The van der Waals surface area contributed by atoms with Crippen molar-refractivity contribution in [1.29, 1.82) is 0 Å². The number of likely N-dealkylation sites (tertiary alicyclic amines) is 1. The molecule has 0 atom stereocenters. The van der Waals surface area contributed by atoms with Crippen LogP contribution < -0.4 is 11.1 Å². The first-order valence-electron chi connectivity index (χ1n) is 7.50. The summed E-state index contributed by atoms with van der Waals surface area (Å²) >= 11 is 0. The highest BCUT2D eigenvalue weighted by molar-refractivity contribution is 5.86. The number of nitrogens with two attached hydrogens (primary N) is 1. The van der Waals surface area contributed by atoms with E-state index >= 15 is 0 Å². The van der Waals surface area contributed by atoms with Crippen LogP contribution in [0.3, 0.4) is 0 Å². The van der Waals surface area contributed by atoms with Crippen molar-refractivity contribution >= 4 is 5.91 Å². The molecule has 1 saturated heterocycles. The van der Waals surface area contributed by atoms with E-state index in [2.05, 4.69) is 10.2 Å². The van der Waals surface area contributed by atoms with Gasteiger partial charge in [0.05, 0.1) is 5.54 Å². The molecule has 0 radical (unpaired) electrons. The summed E-state index contributed by atoms with van der Waals surface area (Å²) in [6.07, 6.45) is 9.20. The van der Waals surface area contributed by atoms with E-state index in [0.29, 0.717) is 0 Å². The highest BCUT2D eigenvalue weighted by Crippen LogP contribution is 2.27. The summed E-state index contributed by atoms with van der Waals surface area (Å²) < 4.78 is 0. The van der Waals surface area contributed by atoms with Gasteiger partial charge in [0.2, 0.25) is 5.91 Å². The van der Waals surface area contributed by atoms with Crippen molar-refractivity contribution < 1.29 is 4.79 Å². The van der Waals surface area contributed by atoms with Crippen molar-refractivity contribution in [1.82, 2.24) is 10.2 Å². The van der Waals surface area contributed by atoms with Gasteiger partial charge in [0.25, 0.3) is 0 Å². The molecule has 1 amide bonds. The SMILES string of the molecule is NC1(C(=O)NCCN2CCCCCC2)CCCC1. The topological polar surface area (TPSA) is 58.4 Å². The summed E-state index contributed by atoms with van der Waals surface area (Å²) in [6.45, 7) is 4.09. The van der Waals surface area contributed by atoms with Crippen molar-refractivity contribution in [2.45, 2.75) is 56.9 Å². The molecule has 2 aliphatic rings. The van der Waals surface area contributed by atoms with Crippen LogP contribution in [0, 0.1) is 0 Å². The van der Waals surface area contributed by atoms with Gasteiger partial charge < -0.3 is 16.0 Å². The Hall–Kier alpha value is -0.610. The van der Waals surface area contributed by atoms with Crippen LogP contribution in [0.25, 0.3) is 0 Å². The zero-order valence-electron chi connectivity index (χ0n) is 11.4. The van der Waals surface area contributed by atoms with Crippen molar-refractivity contribution in [3.8, 4) is 0 Å². The number of carbonyl (C=O) groups is 1. The van der Waals surface area contributed by atoms with Gasteiger partial charge >= 0.3 is 0 Å². The highest BCUT2D eigenvalue weighted by atomic mass is 16.2. The monoisotopic (exact) mass is 253 g/mol. The number of amides is 1. The molecule has 0 spiro atoms. The van der Waals surface area contributed by atoms with Gasteiger partial charge in [0.15, 0.2) is 0 Å². The fourth-order valence-corrected chi connectivity index (χ4v) is 3.10. The van der Waals surface area contributed by atoms with E-state index in [9.17, 15) is 4.79 Å². The number of nitrogens with zero attached hydrogens (tertiary/aromatic N) is 1. The molecule has 1 aliphatic heterocycles. The molecular formula is C14H27N3O. The van der Waals surface area contributed by atoms with E-state index < -0.39 is 5.54 Å². The third-order valence-corrected chi connectivity index (χ3v) is 4.36. The molecule has 4 heteroatoms. The Morgan fingerprint density at radius 3 is 2.28 bits per heavy atom. The number of hydrogen-bond acceptors (Lipinski definition) is 3. The summed E-state index contributed by atoms with van der Waals surface area (Å²) in [6, 6.07) is 0. The number of carbonyl (C=O) groups excluding carboxylic acids is 1. The second-order valence-corrected chi connectivity index (χ2v) is 5.88. The smallest absolute Gasteiger partial charge is 0.240 e. The van der Waals surface area contributed by atoms with Gasteiger partial charge in [-0.25, -0.2) is 0 Å². The molecule has 0 aromatic carbocycles. The molecule has 2 rings (SSSR count). The minimum Gasteiger partial charge on any atom is -0.353 e. The van der Waals surface area contributed by atoms with Crippen LogP contribution in [0.4, 0.5) is 0 Å².